The third-order valence-electron chi connectivity index (χ3n) is 14.6. The van der Waals surface area contributed by atoms with Crippen molar-refractivity contribution < 1.29 is 4.42 Å². The van der Waals surface area contributed by atoms with Gasteiger partial charge in [0.05, 0.1) is 11.4 Å². The van der Waals surface area contributed by atoms with Crippen LogP contribution in [-0.2, 0) is 17.3 Å². The Morgan fingerprint density at radius 2 is 1.27 bits per heavy atom. The fourth-order valence-electron chi connectivity index (χ4n) is 11.0. The lowest BCUT2D eigenvalue weighted by Gasteiger charge is -2.45. The molecule has 1 aliphatic carbocycles. The zero-order valence-electron chi connectivity index (χ0n) is 40.9. The van der Waals surface area contributed by atoms with Gasteiger partial charge < -0.3 is 9.32 Å². The number of anilines is 6. The lowest BCUT2D eigenvalue weighted by Crippen LogP contribution is -2.62. The van der Waals surface area contributed by atoms with Gasteiger partial charge in [0.2, 0.25) is 5.88 Å². The van der Waals surface area contributed by atoms with Crippen molar-refractivity contribution >= 4 is 84.9 Å². The summed E-state index contributed by atoms with van der Waals surface area (Å²) in [7, 11) is 0. The van der Waals surface area contributed by atoms with Crippen LogP contribution in [0.15, 0.2) is 95.4 Å². The molecular weight excluding hydrogens is 796 g/mol. The molecule has 0 saturated heterocycles. The van der Waals surface area contributed by atoms with Crippen LogP contribution in [0.5, 0.6) is 0 Å². The summed E-state index contributed by atoms with van der Waals surface area (Å²) in [6.07, 6.45) is 5.66. The van der Waals surface area contributed by atoms with Crippen LogP contribution in [0, 0.1) is 39.0 Å². The molecule has 0 N–H and O–H groups in total. The average molecular weight is 861 g/mol. The van der Waals surface area contributed by atoms with Crippen LogP contribution in [0.2, 0.25) is 0 Å². The van der Waals surface area contributed by atoms with Crippen LogP contribution < -0.4 is 26.2 Å². The highest BCUT2D eigenvalue weighted by Crippen LogP contribution is 2.51. The van der Waals surface area contributed by atoms with E-state index >= 15 is 0 Å². The third kappa shape index (κ3) is 6.74. The summed E-state index contributed by atoms with van der Waals surface area (Å²) in [5, 5.41) is 1.30. The molecule has 3 nitrogen and oxygen atoms in total. The summed E-state index contributed by atoms with van der Waals surface area (Å²) in [5.74, 6) is 2.68. The maximum atomic E-state index is 7.38. The van der Waals surface area contributed by atoms with Crippen LogP contribution in [-0.4, -0.2) is 6.71 Å². The highest BCUT2D eigenvalue weighted by atomic mass is 32.1. The second-order valence-corrected chi connectivity index (χ2v) is 23.9. The van der Waals surface area contributed by atoms with Gasteiger partial charge in [-0.2, -0.15) is 0 Å². The summed E-state index contributed by atoms with van der Waals surface area (Å²) >= 11 is 1.88. The molecule has 0 saturated carbocycles. The largest absolute Gasteiger partial charge is 0.441 e. The molecule has 5 aromatic carbocycles. The van der Waals surface area contributed by atoms with Gasteiger partial charge in [0.15, 0.2) is 0 Å². The van der Waals surface area contributed by atoms with E-state index in [-0.39, 0.29) is 23.0 Å². The molecule has 2 aliphatic heterocycles. The van der Waals surface area contributed by atoms with Gasteiger partial charge in [-0.3, -0.25) is 4.90 Å². The molecule has 1 atom stereocenters. The number of allylic oxidation sites excluding steroid dienone is 1. The van der Waals surface area contributed by atoms with Gasteiger partial charge in [-0.05, 0) is 183 Å². The molecule has 3 aliphatic rings. The smallest absolute Gasteiger partial charge is 0.256 e. The highest BCUT2D eigenvalue weighted by Gasteiger charge is 2.49. The SMILES string of the molecule is Cc1cc(-c2cc3ccccc3s2)cc(C)c1N1c2ccc(C(C)(C)C)cc2B2c3c1cc(C(C)C)cc3N(c1c(C)cc(C(C)(C)C)cc1C)c1oc3c(c12)CC(C(C)(C)C)C=C3. The van der Waals surface area contributed by atoms with Crippen molar-refractivity contribution in [2.24, 2.45) is 11.3 Å². The Morgan fingerprint density at radius 3 is 1.88 bits per heavy atom. The molecule has 7 aromatic rings. The van der Waals surface area contributed by atoms with E-state index in [1.807, 2.05) is 11.3 Å². The number of hydrogen-bond acceptors (Lipinski definition) is 4. The van der Waals surface area contributed by atoms with Crippen molar-refractivity contribution in [3.63, 3.8) is 0 Å². The van der Waals surface area contributed by atoms with Crippen LogP contribution in [0.25, 0.3) is 26.6 Å². The van der Waals surface area contributed by atoms with Gasteiger partial charge in [-0.15, -0.1) is 11.3 Å². The molecule has 4 heterocycles. The van der Waals surface area contributed by atoms with Crippen molar-refractivity contribution in [3.05, 3.63) is 141 Å². The molecule has 2 aromatic heterocycles. The molecule has 0 amide bonds. The average Bonchev–Trinajstić information content (AvgIpc) is 3.82. The van der Waals surface area contributed by atoms with Crippen molar-refractivity contribution in [2.75, 3.05) is 9.80 Å². The minimum absolute atomic E-state index is 0.0153. The van der Waals surface area contributed by atoms with E-state index < -0.39 is 0 Å². The molecule has 1 unspecified atom stereocenters. The van der Waals surface area contributed by atoms with Crippen LogP contribution in [0.4, 0.5) is 34.3 Å². The first-order valence-corrected chi connectivity index (χ1v) is 24.4. The fraction of sp³-hybridized carbons (Fsp3) is 0.356. The van der Waals surface area contributed by atoms with Gasteiger partial charge in [-0.25, -0.2) is 0 Å². The van der Waals surface area contributed by atoms with E-state index in [4.69, 9.17) is 4.42 Å². The summed E-state index contributed by atoms with van der Waals surface area (Å²) in [4.78, 5) is 6.51. The van der Waals surface area contributed by atoms with Crippen LogP contribution in [0.1, 0.15) is 132 Å². The number of fused-ring (bicyclic) bond motifs is 7. The highest BCUT2D eigenvalue weighted by molar-refractivity contribution is 7.22. The number of hydrogen-bond donors (Lipinski definition) is 0. The van der Waals surface area contributed by atoms with E-state index in [1.165, 1.54) is 110 Å². The second-order valence-electron chi connectivity index (χ2n) is 22.8. The van der Waals surface area contributed by atoms with Gasteiger partial charge in [-0.1, -0.05) is 125 Å². The van der Waals surface area contributed by atoms with Crippen molar-refractivity contribution in [1.82, 2.24) is 0 Å². The maximum Gasteiger partial charge on any atom is 0.256 e. The van der Waals surface area contributed by atoms with Gasteiger partial charge in [0.1, 0.15) is 5.76 Å². The van der Waals surface area contributed by atoms with E-state index in [0.29, 0.717) is 11.8 Å². The molecule has 10 rings (SSSR count). The Labute approximate surface area is 387 Å². The number of nitrogens with zero attached hydrogens (tertiary/aromatic N) is 2. The Balaban J connectivity index is 1.31. The van der Waals surface area contributed by atoms with Crippen molar-refractivity contribution in [1.29, 1.82) is 0 Å². The Morgan fingerprint density at radius 1 is 0.656 bits per heavy atom. The van der Waals surface area contributed by atoms with Crippen molar-refractivity contribution in [3.8, 4) is 10.4 Å². The number of aryl methyl sites for hydroxylation is 4. The first-order chi connectivity index (χ1) is 30.1. The van der Waals surface area contributed by atoms with E-state index in [0.717, 1.165) is 18.1 Å². The van der Waals surface area contributed by atoms with E-state index in [2.05, 4.69) is 211 Å². The van der Waals surface area contributed by atoms with E-state index in [1.54, 1.807) is 0 Å². The minimum atomic E-state index is -0.0371. The normalized spacial score (nSPS) is 15.8. The third-order valence-corrected chi connectivity index (χ3v) is 15.8. The zero-order valence-corrected chi connectivity index (χ0v) is 41.7. The Kier molecular flexibility index (Phi) is 9.76. The summed E-state index contributed by atoms with van der Waals surface area (Å²) < 4.78 is 8.71. The van der Waals surface area contributed by atoms with Gasteiger partial charge in [0, 0.05) is 26.6 Å². The second kappa shape index (κ2) is 14.6. The van der Waals surface area contributed by atoms with Gasteiger partial charge >= 0.3 is 0 Å². The molecule has 326 valence electrons. The fourth-order valence-corrected chi connectivity index (χ4v) is 12.0. The summed E-state index contributed by atoms with van der Waals surface area (Å²) in [6, 6.07) is 33.3. The molecule has 0 bridgehead atoms. The van der Waals surface area contributed by atoms with E-state index in [9.17, 15) is 0 Å². The zero-order chi connectivity index (χ0) is 45.5. The topological polar surface area (TPSA) is 19.6 Å². The Hall–Kier alpha value is -5.26. The lowest BCUT2D eigenvalue weighted by atomic mass is 9.33. The quantitative estimate of drug-likeness (QED) is 0.164. The summed E-state index contributed by atoms with van der Waals surface area (Å²) in [6.45, 7) is 35.1. The molecule has 64 heavy (non-hydrogen) atoms. The predicted octanol–water partition coefficient (Wildman–Crippen LogP) is 15.4. The monoisotopic (exact) mass is 860 g/mol. The minimum Gasteiger partial charge on any atom is -0.441 e. The molecular formula is C59H65BN2OS. The predicted molar refractivity (Wildman–Crippen MR) is 280 cm³/mol. The number of thiophene rings is 1. The van der Waals surface area contributed by atoms with Crippen LogP contribution in [0.3, 0.4) is 0 Å². The standard InChI is InChI=1S/C59H65BN2OS/c1-33(2)39-28-47-53-48(29-39)62(55-36(5)26-43(27-37(55)6)59(13,14)15)56-52(44-31-41(57(7,8)9)21-23-49(44)63-56)60(53)45-32-42(58(10,11)12)20-22-46(45)61(47)54-34(3)24-40(25-35(54)4)51-30-38-18-16-17-19-50(38)64-51/h16-30,32-33,41H,31H2,1-15H3. The van der Waals surface area contributed by atoms with Crippen molar-refractivity contribution in [2.45, 2.75) is 127 Å². The lowest BCUT2D eigenvalue weighted by molar-refractivity contribution is 0.289. The number of rotatable bonds is 4. The maximum absolute atomic E-state index is 7.38. The van der Waals surface area contributed by atoms with Crippen LogP contribution >= 0.6 is 11.3 Å². The molecule has 5 heteroatoms. The number of benzene rings is 5. The Bertz CT molecular complexity index is 3000. The molecule has 0 spiro atoms. The molecule has 0 fully saturated rings. The number of furan rings is 1. The summed E-state index contributed by atoms with van der Waals surface area (Å²) in [5.41, 5.74) is 22.1. The first kappa shape index (κ1) is 42.7. The van der Waals surface area contributed by atoms with Gasteiger partial charge in [0.25, 0.3) is 6.71 Å². The first-order valence-electron chi connectivity index (χ1n) is 23.6. The molecule has 0 radical (unpaired) electrons.